The number of ether oxygens (including phenoxy) is 1. The molecule has 0 saturated heterocycles. The lowest BCUT2D eigenvalue weighted by atomic mass is 10.2. The Labute approximate surface area is 237 Å². The van der Waals surface area contributed by atoms with E-state index in [0.29, 0.717) is 62.9 Å². The van der Waals surface area contributed by atoms with Crippen LogP contribution < -0.4 is 16.2 Å². The fraction of sp³-hybridized carbons (Fsp3) is 0.483. The summed E-state index contributed by atoms with van der Waals surface area (Å²) >= 11 is 6.49. The van der Waals surface area contributed by atoms with Crippen LogP contribution >= 0.6 is 11.6 Å². The van der Waals surface area contributed by atoms with Crippen molar-refractivity contribution < 1.29 is 14.0 Å². The molecule has 10 heteroatoms. The third-order valence-corrected chi connectivity index (χ3v) is 13.8. The molecule has 0 aliphatic rings. The van der Waals surface area contributed by atoms with Crippen LogP contribution in [0.4, 0.5) is 10.5 Å². The summed E-state index contributed by atoms with van der Waals surface area (Å²) in [6.45, 7) is 16.1. The van der Waals surface area contributed by atoms with Gasteiger partial charge in [0.05, 0.1) is 28.2 Å². The number of methoxy groups -OCH3 is 1. The lowest BCUT2D eigenvalue weighted by Gasteiger charge is -2.44. The van der Waals surface area contributed by atoms with E-state index in [0.717, 1.165) is 0 Å². The van der Waals surface area contributed by atoms with E-state index in [1.54, 1.807) is 48.1 Å². The maximum Gasteiger partial charge on any atom is 0.319 e. The maximum absolute atomic E-state index is 14.0. The van der Waals surface area contributed by atoms with Crippen LogP contribution in [0.3, 0.4) is 0 Å². The van der Waals surface area contributed by atoms with Crippen LogP contribution in [0.2, 0.25) is 21.6 Å². The van der Waals surface area contributed by atoms with Crippen LogP contribution in [0.1, 0.15) is 60.4 Å². The first-order valence-corrected chi connectivity index (χ1v) is 16.0. The molecule has 3 rings (SSSR count). The van der Waals surface area contributed by atoms with Gasteiger partial charge < -0.3 is 19.8 Å². The number of rotatable bonds is 11. The normalized spacial score (nSPS) is 12.9. The third kappa shape index (κ3) is 6.54. The Balaban J connectivity index is 2.17. The lowest BCUT2D eigenvalue weighted by molar-refractivity contribution is 0.183. The lowest BCUT2D eigenvalue weighted by Crippen LogP contribution is -2.48. The number of nitrogens with zero attached hydrogens (tertiary/aromatic N) is 2. The van der Waals surface area contributed by atoms with Gasteiger partial charge in [-0.3, -0.25) is 9.36 Å². The molecule has 0 saturated carbocycles. The van der Waals surface area contributed by atoms with Gasteiger partial charge in [-0.2, -0.15) is 0 Å². The minimum Gasteiger partial charge on any atom is -0.406 e. The first-order chi connectivity index (χ1) is 18.4. The highest BCUT2D eigenvalue weighted by atomic mass is 35.5. The highest BCUT2D eigenvalue weighted by molar-refractivity contribution is 6.77. The summed E-state index contributed by atoms with van der Waals surface area (Å²) < 4.78 is 13.6. The van der Waals surface area contributed by atoms with E-state index >= 15 is 0 Å². The Bertz CT molecular complexity index is 1340. The van der Waals surface area contributed by atoms with Gasteiger partial charge in [0.1, 0.15) is 11.9 Å². The molecule has 1 unspecified atom stereocenters. The number of carbonyl (C=O) groups is 1. The van der Waals surface area contributed by atoms with Crippen LogP contribution in [0.15, 0.2) is 47.3 Å². The zero-order valence-electron chi connectivity index (χ0n) is 24.2. The summed E-state index contributed by atoms with van der Waals surface area (Å²) in [6, 6.07) is 12.0. The van der Waals surface area contributed by atoms with Crippen molar-refractivity contribution in [3.05, 3.63) is 63.7 Å². The van der Waals surface area contributed by atoms with Crippen LogP contribution in [0, 0.1) is 0 Å². The molecule has 0 fully saturated rings. The second-order valence-electron chi connectivity index (χ2n) is 10.7. The number of hydrogen-bond acceptors (Lipinski definition) is 5. The Morgan fingerprint density at radius 3 is 2.28 bits per heavy atom. The smallest absolute Gasteiger partial charge is 0.319 e. The molecule has 0 aliphatic carbocycles. The summed E-state index contributed by atoms with van der Waals surface area (Å²) in [4.78, 5) is 31.3. The average Bonchev–Trinajstić information content (AvgIpc) is 2.86. The Morgan fingerprint density at radius 2 is 1.67 bits per heavy atom. The zero-order valence-corrected chi connectivity index (χ0v) is 25.9. The van der Waals surface area contributed by atoms with E-state index in [2.05, 4.69) is 52.2 Å². The molecule has 0 radical (unpaired) electrons. The number of nitrogens with one attached hydrogen (secondary N) is 2. The molecular weight excluding hydrogens is 532 g/mol. The predicted octanol–water partition coefficient (Wildman–Crippen LogP) is 7.06. The van der Waals surface area contributed by atoms with Gasteiger partial charge in [-0.15, -0.1) is 0 Å². The molecule has 39 heavy (non-hydrogen) atoms. The number of hydrogen-bond donors (Lipinski definition) is 2. The molecule has 2 amide bonds. The molecular formula is C29H41ClN4O4Si. The van der Waals surface area contributed by atoms with Crippen molar-refractivity contribution in [3.8, 4) is 5.69 Å². The van der Waals surface area contributed by atoms with Crippen LogP contribution in [0.25, 0.3) is 16.6 Å². The molecule has 2 aromatic carbocycles. The summed E-state index contributed by atoms with van der Waals surface area (Å²) in [5, 5.41) is 6.22. The molecule has 0 aliphatic heterocycles. The third-order valence-electron chi connectivity index (χ3n) is 7.28. The van der Waals surface area contributed by atoms with E-state index in [4.69, 9.17) is 25.7 Å². The van der Waals surface area contributed by atoms with E-state index in [1.165, 1.54) is 0 Å². The van der Waals surface area contributed by atoms with Crippen LogP contribution in [-0.4, -0.2) is 44.2 Å². The summed E-state index contributed by atoms with van der Waals surface area (Å²) in [5.41, 5.74) is 2.40. The van der Waals surface area contributed by atoms with Gasteiger partial charge in [-0.25, -0.2) is 9.78 Å². The van der Waals surface area contributed by atoms with Crippen molar-refractivity contribution in [2.24, 2.45) is 0 Å². The highest BCUT2D eigenvalue weighted by Crippen LogP contribution is 2.45. The number of urea groups is 1. The number of halogens is 1. The summed E-state index contributed by atoms with van der Waals surface area (Å²) in [6.07, 6.45) is -0.464. The highest BCUT2D eigenvalue weighted by Gasteiger charge is 2.46. The van der Waals surface area contributed by atoms with Gasteiger partial charge in [-0.05, 0) is 53.9 Å². The molecule has 0 spiro atoms. The molecule has 0 bridgehead atoms. The maximum atomic E-state index is 14.0. The van der Waals surface area contributed by atoms with Crippen LogP contribution in [0.5, 0.6) is 0 Å². The Kier molecular flexibility index (Phi) is 10.3. The predicted molar refractivity (Wildman–Crippen MR) is 162 cm³/mol. The molecule has 3 aromatic rings. The zero-order chi connectivity index (χ0) is 28.9. The molecule has 1 atom stereocenters. The van der Waals surface area contributed by atoms with Gasteiger partial charge in [-0.1, -0.05) is 65.3 Å². The fourth-order valence-electron chi connectivity index (χ4n) is 5.66. The van der Waals surface area contributed by atoms with Gasteiger partial charge >= 0.3 is 6.03 Å². The number of benzene rings is 2. The molecule has 1 aromatic heterocycles. The summed E-state index contributed by atoms with van der Waals surface area (Å²) in [7, 11) is -0.726. The first kappa shape index (κ1) is 30.8. The van der Waals surface area contributed by atoms with Crippen molar-refractivity contribution in [1.29, 1.82) is 0 Å². The SMILES string of the molecule is COCCNC(=O)Nc1cccc(-n2c(C(C)O[Si](C(C)C)(C(C)C)C(C)C)nc3cccc(Cl)c3c2=O)c1. The molecule has 8 nitrogen and oxygen atoms in total. The van der Waals surface area contributed by atoms with E-state index in [9.17, 15) is 9.59 Å². The van der Waals surface area contributed by atoms with Gasteiger partial charge in [0.15, 0.2) is 0 Å². The van der Waals surface area contributed by atoms with Crippen molar-refractivity contribution in [3.63, 3.8) is 0 Å². The number of amides is 2. The van der Waals surface area contributed by atoms with Gasteiger partial charge in [0, 0.05) is 19.3 Å². The van der Waals surface area contributed by atoms with Crippen molar-refractivity contribution in [2.75, 3.05) is 25.6 Å². The minimum atomic E-state index is -2.30. The number of anilines is 1. The van der Waals surface area contributed by atoms with Crippen molar-refractivity contribution in [1.82, 2.24) is 14.9 Å². The quantitative estimate of drug-likeness (QED) is 0.189. The molecule has 1 heterocycles. The number of aromatic nitrogens is 2. The monoisotopic (exact) mass is 572 g/mol. The van der Waals surface area contributed by atoms with E-state index < -0.39 is 14.4 Å². The van der Waals surface area contributed by atoms with Gasteiger partial charge in [0.2, 0.25) is 8.32 Å². The van der Waals surface area contributed by atoms with Crippen molar-refractivity contribution >= 4 is 42.5 Å². The number of carbonyl (C=O) groups excluding carboxylic acids is 1. The molecule has 212 valence electrons. The average molecular weight is 573 g/mol. The van der Waals surface area contributed by atoms with E-state index in [-0.39, 0.29) is 11.6 Å². The standard InChI is InChI=1S/C29H41ClN4O4Si/c1-18(2)39(19(3)4,20(5)6)38-21(7)27-33-25-14-10-13-24(30)26(25)28(35)34(27)23-12-9-11-22(17-23)32-29(36)31-15-16-37-8/h9-14,17-21H,15-16H2,1-8H3,(H2,31,32,36). The van der Waals surface area contributed by atoms with Crippen molar-refractivity contribution in [2.45, 2.75) is 71.2 Å². The Hall–Kier alpha value is -2.72. The summed E-state index contributed by atoms with van der Waals surface area (Å²) in [5.74, 6) is 0.496. The second-order valence-corrected chi connectivity index (χ2v) is 16.6. The first-order valence-electron chi connectivity index (χ1n) is 13.5. The largest absolute Gasteiger partial charge is 0.406 e. The fourth-order valence-corrected chi connectivity index (χ4v) is 11.4. The Morgan fingerprint density at radius 1 is 1.03 bits per heavy atom. The minimum absolute atomic E-state index is 0.288. The van der Waals surface area contributed by atoms with E-state index in [1.807, 2.05) is 13.0 Å². The topological polar surface area (TPSA) is 94.5 Å². The molecule has 2 N–H and O–H groups in total. The second kappa shape index (κ2) is 13.1. The number of fused-ring (bicyclic) bond motifs is 1. The van der Waals surface area contributed by atoms with Crippen LogP contribution in [-0.2, 0) is 9.16 Å². The van der Waals surface area contributed by atoms with Gasteiger partial charge in [0.25, 0.3) is 5.56 Å².